The van der Waals surface area contributed by atoms with Gasteiger partial charge in [0.25, 0.3) is 0 Å². The summed E-state index contributed by atoms with van der Waals surface area (Å²) in [7, 11) is 0. The van der Waals surface area contributed by atoms with Crippen LogP contribution < -0.4 is 5.73 Å². The summed E-state index contributed by atoms with van der Waals surface area (Å²) in [4.78, 5) is 16.9. The normalized spacial score (nSPS) is 14.8. The maximum Gasteiger partial charge on any atom is 0.225 e. The van der Waals surface area contributed by atoms with Crippen molar-refractivity contribution >= 4 is 23.1 Å². The molecule has 0 unspecified atom stereocenters. The monoisotopic (exact) mass is 271 g/mol. The van der Waals surface area contributed by atoms with Crippen LogP contribution in [0, 0.1) is 5.92 Å². The molecule has 0 heterocycles. The summed E-state index contributed by atoms with van der Waals surface area (Å²) in [6, 6.07) is 0. The van der Waals surface area contributed by atoms with Crippen molar-refractivity contribution in [3.63, 3.8) is 0 Å². The van der Waals surface area contributed by atoms with E-state index >= 15 is 0 Å². The molecule has 5 heteroatoms. The van der Waals surface area contributed by atoms with Gasteiger partial charge in [-0.1, -0.05) is 26.1 Å². The zero-order valence-corrected chi connectivity index (χ0v) is 12.3. The SMILES string of the molecule is CCN(CC)CCN(CCC(N)=S)C(=O)C1CC1. The Balaban J connectivity index is 2.42. The van der Waals surface area contributed by atoms with Crippen LogP contribution in [0.3, 0.4) is 0 Å². The van der Waals surface area contributed by atoms with E-state index in [1.54, 1.807) is 0 Å². The van der Waals surface area contributed by atoms with Crippen molar-refractivity contribution in [2.75, 3.05) is 32.7 Å². The summed E-state index contributed by atoms with van der Waals surface area (Å²) in [6.07, 6.45) is 2.73. The lowest BCUT2D eigenvalue weighted by atomic mass is 10.3. The van der Waals surface area contributed by atoms with Crippen LogP contribution in [-0.2, 0) is 4.79 Å². The molecule has 1 fully saturated rings. The van der Waals surface area contributed by atoms with Crippen molar-refractivity contribution in [3.05, 3.63) is 0 Å². The van der Waals surface area contributed by atoms with Crippen LogP contribution in [0.25, 0.3) is 0 Å². The Morgan fingerprint density at radius 3 is 2.28 bits per heavy atom. The average molecular weight is 271 g/mol. The van der Waals surface area contributed by atoms with Crippen LogP contribution in [0.1, 0.15) is 33.1 Å². The molecule has 1 rings (SSSR count). The fraction of sp³-hybridized carbons (Fsp3) is 0.846. The van der Waals surface area contributed by atoms with Gasteiger partial charge in [0.05, 0.1) is 4.99 Å². The van der Waals surface area contributed by atoms with Crippen LogP contribution in [-0.4, -0.2) is 53.4 Å². The lowest BCUT2D eigenvalue weighted by molar-refractivity contribution is -0.132. The predicted molar refractivity (Wildman–Crippen MR) is 78.5 cm³/mol. The van der Waals surface area contributed by atoms with E-state index < -0.39 is 0 Å². The minimum Gasteiger partial charge on any atom is -0.393 e. The van der Waals surface area contributed by atoms with E-state index in [9.17, 15) is 4.79 Å². The first-order valence-electron chi connectivity index (χ1n) is 6.87. The second-order valence-electron chi connectivity index (χ2n) is 4.84. The highest BCUT2D eigenvalue weighted by Gasteiger charge is 2.33. The topological polar surface area (TPSA) is 49.6 Å². The van der Waals surface area contributed by atoms with Gasteiger partial charge in [-0.3, -0.25) is 4.79 Å². The summed E-state index contributed by atoms with van der Waals surface area (Å²) in [5, 5.41) is 0. The molecule has 0 aromatic rings. The number of nitrogens with zero attached hydrogens (tertiary/aromatic N) is 2. The molecule has 0 radical (unpaired) electrons. The first-order valence-corrected chi connectivity index (χ1v) is 7.28. The van der Waals surface area contributed by atoms with Crippen LogP contribution >= 0.6 is 12.2 Å². The van der Waals surface area contributed by atoms with E-state index in [-0.39, 0.29) is 5.92 Å². The predicted octanol–water partition coefficient (Wildman–Crippen LogP) is 1.24. The molecule has 1 aliphatic carbocycles. The molecule has 0 bridgehead atoms. The van der Waals surface area contributed by atoms with Crippen LogP contribution in [0.15, 0.2) is 0 Å². The van der Waals surface area contributed by atoms with Gasteiger partial charge in [0.2, 0.25) is 5.91 Å². The first kappa shape index (κ1) is 15.4. The Morgan fingerprint density at radius 2 is 1.83 bits per heavy atom. The number of rotatable bonds is 9. The number of carbonyl (C=O) groups excluding carboxylic acids is 1. The van der Waals surface area contributed by atoms with Crippen molar-refractivity contribution in [1.82, 2.24) is 9.80 Å². The Kier molecular flexibility index (Phi) is 6.57. The highest BCUT2D eigenvalue weighted by molar-refractivity contribution is 7.80. The zero-order valence-electron chi connectivity index (χ0n) is 11.5. The van der Waals surface area contributed by atoms with Crippen LogP contribution in [0.2, 0.25) is 0 Å². The summed E-state index contributed by atoms with van der Waals surface area (Å²) in [6.45, 7) is 8.74. The van der Waals surface area contributed by atoms with Crippen molar-refractivity contribution in [3.8, 4) is 0 Å². The van der Waals surface area contributed by atoms with Gasteiger partial charge in [0, 0.05) is 32.0 Å². The number of thiocarbonyl (C=S) groups is 1. The zero-order chi connectivity index (χ0) is 13.5. The van der Waals surface area contributed by atoms with E-state index in [0.717, 1.165) is 39.0 Å². The van der Waals surface area contributed by atoms with Crippen LogP contribution in [0.4, 0.5) is 0 Å². The number of nitrogens with two attached hydrogens (primary N) is 1. The molecule has 18 heavy (non-hydrogen) atoms. The van der Waals surface area contributed by atoms with Crippen molar-refractivity contribution in [1.29, 1.82) is 0 Å². The summed E-state index contributed by atoms with van der Waals surface area (Å²) in [5.74, 6) is 0.562. The second-order valence-corrected chi connectivity index (χ2v) is 5.37. The third-order valence-corrected chi connectivity index (χ3v) is 3.65. The van der Waals surface area contributed by atoms with Gasteiger partial charge in [0.1, 0.15) is 0 Å². The number of carbonyl (C=O) groups is 1. The van der Waals surface area contributed by atoms with Gasteiger partial charge in [-0.15, -0.1) is 0 Å². The fourth-order valence-electron chi connectivity index (χ4n) is 1.97. The van der Waals surface area contributed by atoms with Gasteiger partial charge in [-0.05, 0) is 25.9 Å². The van der Waals surface area contributed by atoms with E-state index in [0.29, 0.717) is 23.9 Å². The number of hydrogen-bond donors (Lipinski definition) is 1. The minimum atomic E-state index is 0.271. The van der Waals surface area contributed by atoms with Crippen molar-refractivity contribution in [2.24, 2.45) is 11.7 Å². The smallest absolute Gasteiger partial charge is 0.225 e. The summed E-state index contributed by atoms with van der Waals surface area (Å²) in [5.41, 5.74) is 5.52. The Labute approximate surface area is 115 Å². The van der Waals surface area contributed by atoms with Gasteiger partial charge in [-0.2, -0.15) is 0 Å². The summed E-state index contributed by atoms with van der Waals surface area (Å²) >= 11 is 4.89. The molecule has 0 aromatic carbocycles. The van der Waals surface area contributed by atoms with Gasteiger partial charge < -0.3 is 15.5 Å². The average Bonchev–Trinajstić information content (AvgIpc) is 3.17. The third-order valence-electron chi connectivity index (χ3n) is 3.45. The Morgan fingerprint density at radius 1 is 1.22 bits per heavy atom. The molecule has 1 saturated carbocycles. The molecular weight excluding hydrogens is 246 g/mol. The molecule has 0 atom stereocenters. The van der Waals surface area contributed by atoms with Crippen molar-refractivity contribution in [2.45, 2.75) is 33.1 Å². The van der Waals surface area contributed by atoms with Crippen molar-refractivity contribution < 1.29 is 4.79 Å². The van der Waals surface area contributed by atoms with E-state index in [2.05, 4.69) is 18.7 Å². The highest BCUT2D eigenvalue weighted by atomic mass is 32.1. The largest absolute Gasteiger partial charge is 0.393 e. The molecule has 0 saturated heterocycles. The van der Waals surface area contributed by atoms with Gasteiger partial charge in [-0.25, -0.2) is 0 Å². The molecule has 2 N–H and O–H groups in total. The summed E-state index contributed by atoms with van der Waals surface area (Å²) < 4.78 is 0. The molecule has 0 spiro atoms. The first-order chi connectivity index (χ1) is 8.58. The van der Waals surface area contributed by atoms with Crippen LogP contribution in [0.5, 0.6) is 0 Å². The third kappa shape index (κ3) is 5.31. The van der Waals surface area contributed by atoms with Gasteiger partial charge >= 0.3 is 0 Å². The standard InChI is InChI=1S/C13H25N3OS/c1-3-15(4-2)9-10-16(8-7-12(14)18)13(17)11-5-6-11/h11H,3-10H2,1-2H3,(H2,14,18). The highest BCUT2D eigenvalue weighted by Crippen LogP contribution is 2.31. The molecule has 104 valence electrons. The molecule has 1 aliphatic rings. The van der Waals surface area contributed by atoms with E-state index in [1.807, 2.05) is 4.90 Å². The Hall–Kier alpha value is -0.680. The lowest BCUT2D eigenvalue weighted by Gasteiger charge is -2.26. The second kappa shape index (κ2) is 7.69. The molecule has 0 aromatic heterocycles. The maximum atomic E-state index is 12.1. The van der Waals surface area contributed by atoms with E-state index in [1.165, 1.54) is 0 Å². The molecule has 4 nitrogen and oxygen atoms in total. The van der Waals surface area contributed by atoms with E-state index in [4.69, 9.17) is 18.0 Å². The fourth-order valence-corrected chi connectivity index (χ4v) is 2.06. The minimum absolute atomic E-state index is 0.271. The Bertz CT molecular complexity index is 288. The number of hydrogen-bond acceptors (Lipinski definition) is 3. The van der Waals surface area contributed by atoms with Gasteiger partial charge in [0.15, 0.2) is 0 Å². The quantitative estimate of drug-likeness (QED) is 0.641. The lowest BCUT2D eigenvalue weighted by Crippen LogP contribution is -2.40. The number of likely N-dealkylation sites (N-methyl/N-ethyl adjacent to an activating group) is 1. The number of amides is 1. The molecular formula is C13H25N3OS. The molecule has 0 aliphatic heterocycles. The molecule has 1 amide bonds. The maximum absolute atomic E-state index is 12.1.